The van der Waals surface area contributed by atoms with Gasteiger partial charge in [0.05, 0.1) is 23.1 Å². The molecule has 0 saturated carbocycles. The lowest BCUT2D eigenvalue weighted by molar-refractivity contribution is -0.140. The smallest absolute Gasteiger partial charge is 0.361 e. The molecule has 0 bridgehead atoms. The van der Waals surface area contributed by atoms with Gasteiger partial charge in [0.1, 0.15) is 11.9 Å². The molecule has 0 amide bonds. The lowest BCUT2D eigenvalue weighted by Gasteiger charge is -2.20. The Labute approximate surface area is 173 Å². The summed E-state index contributed by atoms with van der Waals surface area (Å²) in [6.07, 6.45) is -3.58. The average Bonchev–Trinajstić information content (AvgIpc) is 2.70. The van der Waals surface area contributed by atoms with Gasteiger partial charge >= 0.3 is 6.18 Å². The van der Waals surface area contributed by atoms with Crippen molar-refractivity contribution in [2.75, 3.05) is 5.32 Å². The number of aromatic nitrogens is 3. The molecule has 0 spiro atoms. The van der Waals surface area contributed by atoms with Crippen LogP contribution >= 0.6 is 0 Å². The number of fused-ring (bicyclic) bond motifs is 1. The summed E-state index contributed by atoms with van der Waals surface area (Å²) in [6.45, 7) is 2.92. The fourth-order valence-corrected chi connectivity index (χ4v) is 3.19. The maximum Gasteiger partial charge on any atom is 0.419 e. The van der Waals surface area contributed by atoms with Crippen LogP contribution in [0.3, 0.4) is 0 Å². The molecule has 31 heavy (non-hydrogen) atoms. The maximum atomic E-state index is 14.5. The van der Waals surface area contributed by atoms with E-state index in [0.717, 1.165) is 21.4 Å². The predicted molar refractivity (Wildman–Crippen MR) is 105 cm³/mol. The third kappa shape index (κ3) is 4.01. The molecule has 0 aliphatic carbocycles. The van der Waals surface area contributed by atoms with Crippen molar-refractivity contribution in [2.45, 2.75) is 32.1 Å². The maximum absolute atomic E-state index is 14.5. The first kappa shape index (κ1) is 22.0. The molecule has 3 aromatic rings. The molecule has 3 rings (SSSR count). The Balaban J connectivity index is 2.16. The highest BCUT2D eigenvalue weighted by molar-refractivity contribution is 5.90. The molecule has 11 heteroatoms. The number of anilines is 1. The number of pyridine rings is 1. The number of alkyl halides is 3. The molecule has 1 aromatic carbocycles. The molecular weight excluding hydrogens is 418 g/mol. The van der Waals surface area contributed by atoms with E-state index in [1.54, 1.807) is 0 Å². The van der Waals surface area contributed by atoms with Crippen LogP contribution < -0.4 is 16.4 Å². The number of hydrogen-bond acceptors (Lipinski definition) is 5. The molecular formula is C20H17F4N5O2. The minimum atomic E-state index is -4.86. The molecule has 2 aromatic heterocycles. The topological polar surface area (TPSA) is 92.7 Å². The second kappa shape index (κ2) is 7.86. The van der Waals surface area contributed by atoms with Gasteiger partial charge in [0, 0.05) is 30.3 Å². The monoisotopic (exact) mass is 435 g/mol. The van der Waals surface area contributed by atoms with Gasteiger partial charge in [0.2, 0.25) is 0 Å². The van der Waals surface area contributed by atoms with E-state index in [9.17, 15) is 27.2 Å². The third-order valence-corrected chi connectivity index (χ3v) is 4.87. The van der Waals surface area contributed by atoms with E-state index in [1.807, 2.05) is 6.07 Å². The van der Waals surface area contributed by atoms with Crippen molar-refractivity contribution in [1.82, 2.24) is 14.3 Å². The molecule has 0 fully saturated rings. The number of nitriles is 1. The first-order valence-electron chi connectivity index (χ1n) is 9.10. The summed E-state index contributed by atoms with van der Waals surface area (Å²) in [5.74, 6) is -1.38. The molecule has 2 atom stereocenters. The second-order valence-electron chi connectivity index (χ2n) is 7.00. The van der Waals surface area contributed by atoms with Gasteiger partial charge in [-0.1, -0.05) is 12.1 Å². The summed E-state index contributed by atoms with van der Waals surface area (Å²) < 4.78 is 55.7. The van der Waals surface area contributed by atoms with Crippen LogP contribution in [0.25, 0.3) is 10.8 Å². The van der Waals surface area contributed by atoms with E-state index < -0.39 is 40.8 Å². The highest BCUT2D eigenvalue weighted by Crippen LogP contribution is 2.34. The van der Waals surface area contributed by atoms with Crippen LogP contribution in [0.5, 0.6) is 0 Å². The van der Waals surface area contributed by atoms with E-state index in [4.69, 9.17) is 5.26 Å². The fraction of sp³-hybridized carbons (Fsp3) is 0.300. The summed E-state index contributed by atoms with van der Waals surface area (Å²) in [4.78, 5) is 24.7. The number of benzene rings is 1. The van der Waals surface area contributed by atoms with Gasteiger partial charge < -0.3 is 5.32 Å². The van der Waals surface area contributed by atoms with Crippen LogP contribution in [0.1, 0.15) is 37.1 Å². The minimum Gasteiger partial charge on any atom is -0.361 e. The Hall–Kier alpha value is -3.68. The number of nitrogens with one attached hydrogen (secondary N) is 1. The highest BCUT2D eigenvalue weighted by Gasteiger charge is 2.35. The number of aryl methyl sites for hydroxylation is 1. The largest absolute Gasteiger partial charge is 0.419 e. The summed E-state index contributed by atoms with van der Waals surface area (Å²) in [6, 6.07) is 4.11. The van der Waals surface area contributed by atoms with Gasteiger partial charge in [-0.25, -0.2) is 9.07 Å². The van der Waals surface area contributed by atoms with Crippen LogP contribution in [0.15, 0.2) is 40.1 Å². The zero-order chi connectivity index (χ0) is 23.1. The normalized spacial score (nSPS) is 13.6. The first-order valence-corrected chi connectivity index (χ1v) is 9.10. The van der Waals surface area contributed by atoms with Crippen LogP contribution in [0.4, 0.5) is 23.4 Å². The molecule has 0 aliphatic rings. The van der Waals surface area contributed by atoms with Crippen molar-refractivity contribution in [3.63, 3.8) is 0 Å². The van der Waals surface area contributed by atoms with Gasteiger partial charge in [-0.15, -0.1) is 0 Å². The lowest BCUT2D eigenvalue weighted by Crippen LogP contribution is -2.27. The molecule has 2 heterocycles. The fourth-order valence-electron chi connectivity index (χ4n) is 3.19. The van der Waals surface area contributed by atoms with Crippen molar-refractivity contribution in [3.8, 4) is 6.07 Å². The molecule has 0 radical (unpaired) electrons. The lowest BCUT2D eigenvalue weighted by atomic mass is 10.0. The van der Waals surface area contributed by atoms with E-state index in [-0.39, 0.29) is 22.2 Å². The molecule has 1 unspecified atom stereocenters. The number of rotatable bonds is 4. The van der Waals surface area contributed by atoms with Crippen molar-refractivity contribution in [1.29, 1.82) is 5.26 Å². The SMILES string of the molecule is CC(C#N)n1cc2c(N[C@H](C)c3cccc(C(F)(F)F)c3F)nn(C)c(=O)c2cc1=O. The second-order valence-corrected chi connectivity index (χ2v) is 7.00. The van der Waals surface area contributed by atoms with Gasteiger partial charge in [-0.2, -0.15) is 23.5 Å². The molecule has 1 N–H and O–H groups in total. The summed E-state index contributed by atoms with van der Waals surface area (Å²) in [5, 5.41) is 16.2. The van der Waals surface area contributed by atoms with Crippen molar-refractivity contribution >= 4 is 16.6 Å². The summed E-state index contributed by atoms with van der Waals surface area (Å²) in [7, 11) is 1.34. The molecule has 0 aliphatic heterocycles. The van der Waals surface area contributed by atoms with Crippen LogP contribution in [0.2, 0.25) is 0 Å². The third-order valence-electron chi connectivity index (χ3n) is 4.87. The van der Waals surface area contributed by atoms with Gasteiger partial charge in [0.25, 0.3) is 11.1 Å². The van der Waals surface area contributed by atoms with E-state index >= 15 is 0 Å². The Morgan fingerprint density at radius 3 is 2.48 bits per heavy atom. The Kier molecular flexibility index (Phi) is 5.59. The van der Waals surface area contributed by atoms with Gasteiger partial charge in [-0.3, -0.25) is 14.2 Å². The van der Waals surface area contributed by atoms with Crippen molar-refractivity contribution in [2.24, 2.45) is 7.05 Å². The Bertz CT molecular complexity index is 1320. The van der Waals surface area contributed by atoms with Crippen LogP contribution in [-0.4, -0.2) is 14.3 Å². The highest BCUT2D eigenvalue weighted by atomic mass is 19.4. The minimum absolute atomic E-state index is 0.00287. The number of halogens is 4. The van der Waals surface area contributed by atoms with Gasteiger partial charge in [0.15, 0.2) is 5.82 Å². The van der Waals surface area contributed by atoms with Crippen LogP contribution in [-0.2, 0) is 13.2 Å². The Morgan fingerprint density at radius 1 is 1.19 bits per heavy atom. The molecule has 7 nitrogen and oxygen atoms in total. The standard InChI is InChI=1S/C20H17F4N5O2/c1-10(8-25)29-9-14-13(7-16(29)30)19(31)28(3)27-18(14)26-11(2)12-5-4-6-15(17(12)21)20(22,23)24/h4-7,9-11H,1-3H3,(H,26,27)/t10?,11-/m1/s1. The quantitative estimate of drug-likeness (QED) is 0.633. The van der Waals surface area contributed by atoms with Gasteiger partial charge in [-0.05, 0) is 19.9 Å². The number of nitrogens with zero attached hydrogens (tertiary/aromatic N) is 4. The zero-order valence-corrected chi connectivity index (χ0v) is 16.7. The zero-order valence-electron chi connectivity index (χ0n) is 16.7. The van der Waals surface area contributed by atoms with E-state index in [2.05, 4.69) is 10.4 Å². The first-order chi connectivity index (χ1) is 14.5. The van der Waals surface area contributed by atoms with E-state index in [0.29, 0.717) is 6.07 Å². The summed E-state index contributed by atoms with van der Waals surface area (Å²) >= 11 is 0. The molecule has 0 saturated heterocycles. The van der Waals surface area contributed by atoms with E-state index in [1.165, 1.54) is 33.2 Å². The predicted octanol–water partition coefficient (Wildman–Crippen LogP) is 3.51. The van der Waals surface area contributed by atoms with Crippen molar-refractivity contribution in [3.05, 3.63) is 68.1 Å². The number of hydrogen-bond donors (Lipinski definition) is 1. The summed E-state index contributed by atoms with van der Waals surface area (Å²) in [5.41, 5.74) is -2.80. The average molecular weight is 435 g/mol. The van der Waals surface area contributed by atoms with Crippen LogP contribution in [0, 0.1) is 17.1 Å². The molecule has 162 valence electrons. The van der Waals surface area contributed by atoms with Crippen molar-refractivity contribution < 1.29 is 17.6 Å². The Morgan fingerprint density at radius 2 is 1.87 bits per heavy atom.